The van der Waals surface area contributed by atoms with E-state index < -0.39 is 36.1 Å². The van der Waals surface area contributed by atoms with Gasteiger partial charge in [0, 0.05) is 19.1 Å². The summed E-state index contributed by atoms with van der Waals surface area (Å²) in [5.41, 5.74) is -0.933. The molecule has 1 aromatic carbocycles. The number of rotatable bonds is 5. The Morgan fingerprint density at radius 1 is 1.32 bits per heavy atom. The SMILES string of the molecule is CCOC(=O)N1CC[C@H](NC(=O)COc2ccccc2C(F)(F)F)C1. The molecule has 1 aliphatic rings. The summed E-state index contributed by atoms with van der Waals surface area (Å²) in [6, 6.07) is 4.42. The van der Waals surface area contributed by atoms with Crippen molar-refractivity contribution in [3.05, 3.63) is 29.8 Å². The van der Waals surface area contributed by atoms with Gasteiger partial charge in [-0.1, -0.05) is 12.1 Å². The van der Waals surface area contributed by atoms with Crippen molar-refractivity contribution in [2.75, 3.05) is 26.3 Å². The van der Waals surface area contributed by atoms with E-state index in [1.807, 2.05) is 0 Å². The largest absolute Gasteiger partial charge is 0.483 e. The molecule has 0 unspecified atom stereocenters. The Kier molecular flexibility index (Phi) is 6.11. The molecule has 6 nitrogen and oxygen atoms in total. The summed E-state index contributed by atoms with van der Waals surface area (Å²) in [6.07, 6.45) is -4.46. The van der Waals surface area contributed by atoms with Gasteiger partial charge < -0.3 is 19.7 Å². The minimum atomic E-state index is -4.56. The number of carbonyl (C=O) groups excluding carboxylic acids is 2. The topological polar surface area (TPSA) is 67.9 Å². The zero-order valence-corrected chi connectivity index (χ0v) is 13.6. The first-order chi connectivity index (χ1) is 11.8. The first-order valence-electron chi connectivity index (χ1n) is 7.81. The number of halogens is 3. The predicted molar refractivity (Wildman–Crippen MR) is 82.1 cm³/mol. The molecular weight excluding hydrogens is 341 g/mol. The van der Waals surface area contributed by atoms with Gasteiger partial charge in [0.05, 0.1) is 12.2 Å². The molecule has 9 heteroatoms. The molecule has 1 saturated heterocycles. The highest BCUT2D eigenvalue weighted by molar-refractivity contribution is 5.78. The summed E-state index contributed by atoms with van der Waals surface area (Å²) in [5, 5.41) is 2.64. The molecule has 1 N–H and O–H groups in total. The second-order valence-electron chi connectivity index (χ2n) is 5.48. The van der Waals surface area contributed by atoms with E-state index >= 15 is 0 Å². The Morgan fingerprint density at radius 3 is 2.72 bits per heavy atom. The van der Waals surface area contributed by atoms with Crippen molar-refractivity contribution in [3.8, 4) is 5.75 Å². The number of alkyl halides is 3. The highest BCUT2D eigenvalue weighted by Crippen LogP contribution is 2.35. The molecule has 25 heavy (non-hydrogen) atoms. The fourth-order valence-electron chi connectivity index (χ4n) is 2.50. The number of para-hydroxylation sites is 1. The molecule has 1 atom stereocenters. The van der Waals surface area contributed by atoms with Gasteiger partial charge in [0.1, 0.15) is 5.75 Å². The third-order valence-electron chi connectivity index (χ3n) is 3.63. The lowest BCUT2D eigenvalue weighted by Gasteiger charge is -2.17. The first-order valence-corrected chi connectivity index (χ1v) is 7.81. The molecule has 1 fully saturated rings. The molecule has 0 spiro atoms. The maximum Gasteiger partial charge on any atom is 0.419 e. The van der Waals surface area contributed by atoms with Crippen LogP contribution in [0.4, 0.5) is 18.0 Å². The first kappa shape index (κ1) is 18.9. The van der Waals surface area contributed by atoms with Gasteiger partial charge in [-0.05, 0) is 25.5 Å². The standard InChI is InChI=1S/C16H19F3N2O4/c1-2-24-15(23)21-8-7-11(9-21)20-14(22)10-25-13-6-4-3-5-12(13)16(17,18)19/h3-6,11H,2,7-10H2,1H3,(H,20,22)/t11-/m0/s1. The van der Waals surface area contributed by atoms with Crippen molar-refractivity contribution in [2.45, 2.75) is 25.6 Å². The molecule has 0 bridgehead atoms. The second-order valence-corrected chi connectivity index (χ2v) is 5.48. The lowest BCUT2D eigenvalue weighted by molar-refractivity contribution is -0.139. The highest BCUT2D eigenvalue weighted by atomic mass is 19.4. The second kappa shape index (κ2) is 8.09. The lowest BCUT2D eigenvalue weighted by atomic mass is 10.2. The van der Waals surface area contributed by atoms with Crippen LogP contribution < -0.4 is 10.1 Å². The van der Waals surface area contributed by atoms with Crippen LogP contribution in [0.15, 0.2) is 24.3 Å². The number of nitrogens with zero attached hydrogens (tertiary/aromatic N) is 1. The summed E-state index contributed by atoms with van der Waals surface area (Å²) < 4.78 is 48.4. The fourth-order valence-corrected chi connectivity index (χ4v) is 2.50. The third kappa shape index (κ3) is 5.27. The van der Waals surface area contributed by atoms with Crippen molar-refractivity contribution < 1.29 is 32.2 Å². The number of benzene rings is 1. The van der Waals surface area contributed by atoms with Crippen LogP contribution in [0.2, 0.25) is 0 Å². The molecular formula is C16H19F3N2O4. The maximum absolute atomic E-state index is 12.9. The van der Waals surface area contributed by atoms with Crippen LogP contribution >= 0.6 is 0 Å². The fraction of sp³-hybridized carbons (Fsp3) is 0.500. The molecule has 1 aliphatic heterocycles. The van der Waals surface area contributed by atoms with Gasteiger partial charge in [0.2, 0.25) is 0 Å². The van der Waals surface area contributed by atoms with E-state index in [9.17, 15) is 22.8 Å². The summed E-state index contributed by atoms with van der Waals surface area (Å²) in [7, 11) is 0. The van der Waals surface area contributed by atoms with Crippen molar-refractivity contribution in [2.24, 2.45) is 0 Å². The summed E-state index contributed by atoms with van der Waals surface area (Å²) in [6.45, 7) is 2.16. The number of carbonyl (C=O) groups is 2. The van der Waals surface area contributed by atoms with Gasteiger partial charge in [-0.25, -0.2) is 4.79 Å². The van der Waals surface area contributed by atoms with Gasteiger partial charge in [0.15, 0.2) is 6.61 Å². The van der Waals surface area contributed by atoms with Crippen LogP contribution in [-0.4, -0.2) is 49.2 Å². The van der Waals surface area contributed by atoms with E-state index in [0.29, 0.717) is 19.5 Å². The Labute approximate surface area is 142 Å². The van der Waals surface area contributed by atoms with E-state index in [0.717, 1.165) is 12.1 Å². The quantitative estimate of drug-likeness (QED) is 0.876. The predicted octanol–water partition coefficient (Wildman–Crippen LogP) is 2.43. The van der Waals surface area contributed by atoms with Crippen LogP contribution in [0, 0.1) is 0 Å². The maximum atomic E-state index is 12.9. The van der Waals surface area contributed by atoms with E-state index in [4.69, 9.17) is 9.47 Å². The number of hydrogen-bond donors (Lipinski definition) is 1. The molecule has 0 radical (unpaired) electrons. The Morgan fingerprint density at radius 2 is 2.04 bits per heavy atom. The number of ether oxygens (including phenoxy) is 2. The van der Waals surface area contributed by atoms with Crippen LogP contribution in [0.5, 0.6) is 5.75 Å². The number of nitrogens with one attached hydrogen (secondary N) is 1. The average Bonchev–Trinajstić information content (AvgIpc) is 3.01. The smallest absolute Gasteiger partial charge is 0.419 e. The lowest BCUT2D eigenvalue weighted by Crippen LogP contribution is -2.40. The Balaban J connectivity index is 1.84. The number of amides is 2. The highest BCUT2D eigenvalue weighted by Gasteiger charge is 2.34. The summed E-state index contributed by atoms with van der Waals surface area (Å²) in [4.78, 5) is 24.9. The van der Waals surface area contributed by atoms with Gasteiger partial charge in [0.25, 0.3) is 5.91 Å². The van der Waals surface area contributed by atoms with Crippen LogP contribution in [0.3, 0.4) is 0 Å². The number of hydrogen-bond acceptors (Lipinski definition) is 4. The van der Waals surface area contributed by atoms with Crippen LogP contribution in [0.25, 0.3) is 0 Å². The van der Waals surface area contributed by atoms with Crippen molar-refractivity contribution in [1.82, 2.24) is 10.2 Å². The molecule has 0 aromatic heterocycles. The van der Waals surface area contributed by atoms with Crippen molar-refractivity contribution in [1.29, 1.82) is 0 Å². The normalized spacial score (nSPS) is 17.3. The Bertz CT molecular complexity index is 622. The summed E-state index contributed by atoms with van der Waals surface area (Å²) in [5.74, 6) is -0.947. The molecule has 0 aliphatic carbocycles. The average molecular weight is 360 g/mol. The number of likely N-dealkylation sites (tertiary alicyclic amines) is 1. The van der Waals surface area contributed by atoms with Crippen molar-refractivity contribution in [3.63, 3.8) is 0 Å². The molecule has 2 amide bonds. The molecule has 1 aromatic rings. The molecule has 2 rings (SSSR count). The monoisotopic (exact) mass is 360 g/mol. The minimum absolute atomic E-state index is 0.263. The van der Waals surface area contributed by atoms with Gasteiger partial charge in [-0.2, -0.15) is 13.2 Å². The van der Waals surface area contributed by atoms with Crippen LogP contribution in [-0.2, 0) is 15.7 Å². The Hall–Kier alpha value is -2.45. The molecule has 0 saturated carbocycles. The zero-order chi connectivity index (χ0) is 18.4. The molecule has 138 valence electrons. The van der Waals surface area contributed by atoms with Gasteiger partial charge in [-0.15, -0.1) is 0 Å². The zero-order valence-electron chi connectivity index (χ0n) is 13.6. The van der Waals surface area contributed by atoms with Gasteiger partial charge in [-0.3, -0.25) is 4.79 Å². The van der Waals surface area contributed by atoms with E-state index in [1.165, 1.54) is 17.0 Å². The van der Waals surface area contributed by atoms with Gasteiger partial charge >= 0.3 is 12.3 Å². The van der Waals surface area contributed by atoms with Crippen LogP contribution in [0.1, 0.15) is 18.9 Å². The van der Waals surface area contributed by atoms with E-state index in [2.05, 4.69) is 5.32 Å². The van der Waals surface area contributed by atoms with E-state index in [1.54, 1.807) is 6.92 Å². The van der Waals surface area contributed by atoms with E-state index in [-0.39, 0.29) is 12.6 Å². The van der Waals surface area contributed by atoms with Crippen molar-refractivity contribution >= 4 is 12.0 Å². The summed E-state index contributed by atoms with van der Waals surface area (Å²) >= 11 is 0. The third-order valence-corrected chi connectivity index (χ3v) is 3.63. The molecule has 1 heterocycles. The minimum Gasteiger partial charge on any atom is -0.483 e.